The molecule has 4 nitrogen and oxygen atoms in total. The Hall–Kier alpha value is -0.610. The SMILES string of the molecule is COCC(C)CC(=O)N1CCOCC1. The van der Waals surface area contributed by atoms with Crippen LogP contribution < -0.4 is 0 Å². The summed E-state index contributed by atoms with van der Waals surface area (Å²) in [6.07, 6.45) is 0.577. The van der Waals surface area contributed by atoms with Crippen molar-refractivity contribution in [2.45, 2.75) is 13.3 Å². The number of ether oxygens (including phenoxy) is 2. The maximum absolute atomic E-state index is 11.7. The highest BCUT2D eigenvalue weighted by Crippen LogP contribution is 2.07. The Balaban J connectivity index is 2.25. The molecule has 0 aromatic carbocycles. The van der Waals surface area contributed by atoms with Gasteiger partial charge in [-0.05, 0) is 5.92 Å². The van der Waals surface area contributed by atoms with Crippen molar-refractivity contribution in [3.63, 3.8) is 0 Å². The molecule has 1 unspecified atom stereocenters. The second-order valence-corrected chi connectivity index (χ2v) is 3.76. The van der Waals surface area contributed by atoms with Crippen molar-refractivity contribution >= 4 is 5.91 Å². The molecular formula is C10H19NO3. The molecule has 1 fully saturated rings. The fourth-order valence-electron chi connectivity index (χ4n) is 1.58. The molecule has 0 bridgehead atoms. The van der Waals surface area contributed by atoms with Gasteiger partial charge in [0, 0.05) is 33.2 Å². The zero-order valence-corrected chi connectivity index (χ0v) is 8.99. The fraction of sp³-hybridized carbons (Fsp3) is 0.900. The summed E-state index contributed by atoms with van der Waals surface area (Å²) in [4.78, 5) is 13.6. The lowest BCUT2D eigenvalue weighted by atomic mass is 10.1. The minimum absolute atomic E-state index is 0.220. The van der Waals surface area contributed by atoms with Crippen molar-refractivity contribution < 1.29 is 14.3 Å². The van der Waals surface area contributed by atoms with Crippen molar-refractivity contribution in [2.24, 2.45) is 5.92 Å². The summed E-state index contributed by atoms with van der Waals surface area (Å²) in [5.41, 5.74) is 0. The maximum Gasteiger partial charge on any atom is 0.223 e. The number of nitrogens with zero attached hydrogens (tertiary/aromatic N) is 1. The Morgan fingerprint density at radius 1 is 1.50 bits per heavy atom. The first-order valence-corrected chi connectivity index (χ1v) is 5.08. The summed E-state index contributed by atoms with van der Waals surface area (Å²) in [6, 6.07) is 0. The normalized spacial score (nSPS) is 19.4. The van der Waals surface area contributed by atoms with Crippen molar-refractivity contribution in [3.8, 4) is 0 Å². The van der Waals surface area contributed by atoms with Crippen LogP contribution in [-0.4, -0.2) is 50.8 Å². The van der Waals surface area contributed by atoms with Crippen LogP contribution in [-0.2, 0) is 14.3 Å². The fourth-order valence-corrected chi connectivity index (χ4v) is 1.58. The summed E-state index contributed by atoms with van der Waals surface area (Å²) in [5, 5.41) is 0. The molecule has 82 valence electrons. The summed E-state index contributed by atoms with van der Waals surface area (Å²) in [5.74, 6) is 0.521. The molecule has 0 saturated carbocycles. The molecular weight excluding hydrogens is 182 g/mol. The largest absolute Gasteiger partial charge is 0.384 e. The van der Waals surface area contributed by atoms with Crippen LogP contribution in [0.4, 0.5) is 0 Å². The third-order valence-electron chi connectivity index (χ3n) is 2.34. The van der Waals surface area contributed by atoms with Gasteiger partial charge in [-0.25, -0.2) is 0 Å². The third kappa shape index (κ3) is 3.64. The molecule has 0 spiro atoms. The van der Waals surface area contributed by atoms with Crippen LogP contribution in [0.1, 0.15) is 13.3 Å². The highest BCUT2D eigenvalue weighted by Gasteiger charge is 2.18. The maximum atomic E-state index is 11.7. The molecule has 0 radical (unpaired) electrons. The molecule has 1 atom stereocenters. The van der Waals surface area contributed by atoms with E-state index in [9.17, 15) is 4.79 Å². The average molecular weight is 201 g/mol. The van der Waals surface area contributed by atoms with Crippen LogP contribution >= 0.6 is 0 Å². The minimum atomic E-state index is 0.220. The topological polar surface area (TPSA) is 38.8 Å². The zero-order valence-electron chi connectivity index (χ0n) is 8.99. The van der Waals surface area contributed by atoms with Crippen molar-refractivity contribution in [3.05, 3.63) is 0 Å². The molecule has 14 heavy (non-hydrogen) atoms. The molecule has 1 amide bonds. The van der Waals surface area contributed by atoms with E-state index in [-0.39, 0.29) is 5.91 Å². The summed E-state index contributed by atoms with van der Waals surface area (Å²) in [7, 11) is 1.66. The van der Waals surface area contributed by atoms with Gasteiger partial charge in [-0.2, -0.15) is 0 Å². The predicted octanol–water partition coefficient (Wildman–Crippen LogP) is 0.518. The number of carbonyl (C=O) groups excluding carboxylic acids is 1. The highest BCUT2D eigenvalue weighted by atomic mass is 16.5. The standard InChI is InChI=1S/C10H19NO3/c1-9(8-13-2)7-10(12)11-3-5-14-6-4-11/h9H,3-8H2,1-2H3. The Morgan fingerprint density at radius 3 is 2.71 bits per heavy atom. The van der Waals surface area contributed by atoms with Gasteiger partial charge in [0.1, 0.15) is 0 Å². The molecule has 0 N–H and O–H groups in total. The van der Waals surface area contributed by atoms with Gasteiger partial charge in [-0.15, -0.1) is 0 Å². The van der Waals surface area contributed by atoms with Crippen LogP contribution in [0.3, 0.4) is 0 Å². The quantitative estimate of drug-likeness (QED) is 0.665. The van der Waals surface area contributed by atoms with Gasteiger partial charge >= 0.3 is 0 Å². The molecule has 0 aromatic rings. The van der Waals surface area contributed by atoms with Gasteiger partial charge in [0.2, 0.25) is 5.91 Å². The lowest BCUT2D eigenvalue weighted by molar-refractivity contribution is -0.136. The van der Waals surface area contributed by atoms with Crippen LogP contribution in [0.5, 0.6) is 0 Å². The Morgan fingerprint density at radius 2 is 2.14 bits per heavy atom. The third-order valence-corrected chi connectivity index (χ3v) is 2.34. The summed E-state index contributed by atoms with van der Waals surface area (Å²) < 4.78 is 10.2. The molecule has 1 rings (SSSR count). The van der Waals surface area contributed by atoms with E-state index in [2.05, 4.69) is 0 Å². The molecule has 4 heteroatoms. The molecule has 1 aliphatic rings. The first kappa shape index (κ1) is 11.5. The van der Waals surface area contributed by atoms with E-state index < -0.39 is 0 Å². The number of rotatable bonds is 4. The van der Waals surface area contributed by atoms with E-state index in [1.807, 2.05) is 11.8 Å². The first-order chi connectivity index (χ1) is 6.74. The number of morpholine rings is 1. The van der Waals surface area contributed by atoms with E-state index in [1.165, 1.54) is 0 Å². The Bertz CT molecular complexity index is 178. The summed E-state index contributed by atoms with van der Waals surface area (Å²) in [6.45, 7) is 5.49. The van der Waals surface area contributed by atoms with Crippen LogP contribution in [0.15, 0.2) is 0 Å². The van der Waals surface area contributed by atoms with Crippen molar-refractivity contribution in [1.82, 2.24) is 4.90 Å². The van der Waals surface area contributed by atoms with E-state index in [0.29, 0.717) is 32.2 Å². The van der Waals surface area contributed by atoms with E-state index in [4.69, 9.17) is 9.47 Å². The molecule has 0 aliphatic carbocycles. The van der Waals surface area contributed by atoms with Crippen molar-refractivity contribution in [2.75, 3.05) is 40.0 Å². The van der Waals surface area contributed by atoms with E-state index in [0.717, 1.165) is 13.1 Å². The minimum Gasteiger partial charge on any atom is -0.384 e. The number of amides is 1. The molecule has 1 aliphatic heterocycles. The van der Waals surface area contributed by atoms with Gasteiger partial charge < -0.3 is 14.4 Å². The van der Waals surface area contributed by atoms with Gasteiger partial charge in [0.05, 0.1) is 13.2 Å². The van der Waals surface area contributed by atoms with E-state index in [1.54, 1.807) is 7.11 Å². The number of hydrogen-bond donors (Lipinski definition) is 0. The average Bonchev–Trinajstić information content (AvgIpc) is 2.19. The zero-order chi connectivity index (χ0) is 10.4. The molecule has 0 aromatic heterocycles. The molecule has 1 heterocycles. The Labute approximate surface area is 85.2 Å². The smallest absolute Gasteiger partial charge is 0.223 e. The van der Waals surface area contributed by atoms with Gasteiger partial charge in [-0.3, -0.25) is 4.79 Å². The van der Waals surface area contributed by atoms with Gasteiger partial charge in [0.15, 0.2) is 0 Å². The lowest BCUT2D eigenvalue weighted by Crippen LogP contribution is -2.41. The predicted molar refractivity (Wildman–Crippen MR) is 53.1 cm³/mol. The monoisotopic (exact) mass is 201 g/mol. The van der Waals surface area contributed by atoms with Crippen molar-refractivity contribution in [1.29, 1.82) is 0 Å². The second-order valence-electron chi connectivity index (χ2n) is 3.76. The van der Waals surface area contributed by atoms with Crippen LogP contribution in [0.25, 0.3) is 0 Å². The lowest BCUT2D eigenvalue weighted by Gasteiger charge is -2.27. The van der Waals surface area contributed by atoms with Gasteiger partial charge in [0.25, 0.3) is 0 Å². The summed E-state index contributed by atoms with van der Waals surface area (Å²) >= 11 is 0. The van der Waals surface area contributed by atoms with Crippen LogP contribution in [0, 0.1) is 5.92 Å². The highest BCUT2D eigenvalue weighted by molar-refractivity contribution is 5.76. The first-order valence-electron chi connectivity index (χ1n) is 5.08. The van der Waals surface area contributed by atoms with E-state index >= 15 is 0 Å². The number of methoxy groups -OCH3 is 1. The number of hydrogen-bond acceptors (Lipinski definition) is 3. The van der Waals surface area contributed by atoms with Gasteiger partial charge in [-0.1, -0.05) is 6.92 Å². The Kier molecular flexibility index (Phi) is 4.90. The molecule has 1 saturated heterocycles. The number of carbonyl (C=O) groups is 1. The van der Waals surface area contributed by atoms with Crippen LogP contribution in [0.2, 0.25) is 0 Å². The second kappa shape index (κ2) is 5.98.